The number of nitrogen functional groups attached to an aromatic ring is 2. The third-order valence-corrected chi connectivity index (χ3v) is 6.87. The third-order valence-electron chi connectivity index (χ3n) is 6.87. The highest BCUT2D eigenvalue weighted by atomic mass is 16.1. The summed E-state index contributed by atoms with van der Waals surface area (Å²) in [7, 11) is 0. The Labute approximate surface area is 197 Å². The maximum Gasteiger partial charge on any atom is 0.191 e. The largest absolute Gasteiger partial charge is 0.399 e. The minimum Gasteiger partial charge on any atom is -0.399 e. The Morgan fingerprint density at radius 2 is 1.26 bits per heavy atom. The fourth-order valence-corrected chi connectivity index (χ4v) is 5.30. The second-order valence-electron chi connectivity index (χ2n) is 8.91. The van der Waals surface area contributed by atoms with Crippen LogP contribution in [0.2, 0.25) is 0 Å². The van der Waals surface area contributed by atoms with Crippen LogP contribution in [-0.2, 0) is 16.0 Å². The minimum absolute atomic E-state index is 0.119. The maximum absolute atomic E-state index is 14.1. The quantitative estimate of drug-likeness (QED) is 0.332. The van der Waals surface area contributed by atoms with Gasteiger partial charge in [0.2, 0.25) is 0 Å². The molecular formula is C30H22N2O2. The van der Waals surface area contributed by atoms with Crippen LogP contribution in [0.4, 0.5) is 11.4 Å². The normalized spacial score (nSPS) is 17.4. The predicted octanol–water partition coefficient (Wildman–Crippen LogP) is 5.33. The highest BCUT2D eigenvalue weighted by Gasteiger charge is 2.37. The molecule has 0 spiro atoms. The van der Waals surface area contributed by atoms with Gasteiger partial charge in [0.1, 0.15) is 0 Å². The summed E-state index contributed by atoms with van der Waals surface area (Å²) in [5.41, 5.74) is 18.0. The van der Waals surface area contributed by atoms with Crippen molar-refractivity contribution in [3.63, 3.8) is 0 Å². The van der Waals surface area contributed by atoms with Crippen molar-refractivity contribution in [3.05, 3.63) is 119 Å². The van der Waals surface area contributed by atoms with Gasteiger partial charge >= 0.3 is 0 Å². The van der Waals surface area contributed by atoms with E-state index in [-0.39, 0.29) is 17.5 Å². The van der Waals surface area contributed by atoms with Crippen LogP contribution in [0.1, 0.15) is 28.2 Å². The summed E-state index contributed by atoms with van der Waals surface area (Å²) in [6, 6.07) is 26.6. The Hall–Kier alpha value is -4.44. The zero-order valence-corrected chi connectivity index (χ0v) is 18.4. The van der Waals surface area contributed by atoms with Crippen LogP contribution in [0.25, 0.3) is 21.9 Å². The third kappa shape index (κ3) is 3.07. The SMILES string of the molecule is Nc1ccc(C2=C(c3ccc(N)cc3)C(=O)C(C3Cc4cccc5cccc3c45)=CC2=O)cc1. The number of carbonyl (C=O) groups is 2. The van der Waals surface area contributed by atoms with Crippen molar-refractivity contribution in [2.75, 3.05) is 11.5 Å². The molecule has 4 N–H and O–H groups in total. The molecule has 164 valence electrons. The Kier molecular flexibility index (Phi) is 4.49. The van der Waals surface area contributed by atoms with Crippen molar-refractivity contribution in [2.45, 2.75) is 12.3 Å². The van der Waals surface area contributed by atoms with E-state index in [2.05, 4.69) is 24.3 Å². The molecule has 6 rings (SSSR count). The van der Waals surface area contributed by atoms with Gasteiger partial charge in [-0.3, -0.25) is 9.59 Å². The lowest BCUT2D eigenvalue weighted by molar-refractivity contribution is -0.113. The van der Waals surface area contributed by atoms with Gasteiger partial charge in [0.05, 0.1) is 0 Å². The first-order valence-corrected chi connectivity index (χ1v) is 11.3. The highest BCUT2D eigenvalue weighted by Crippen LogP contribution is 2.46. The molecule has 2 aliphatic carbocycles. The summed E-state index contributed by atoms with van der Waals surface area (Å²) >= 11 is 0. The average molecular weight is 443 g/mol. The molecule has 0 bridgehead atoms. The van der Waals surface area contributed by atoms with Crippen molar-refractivity contribution < 1.29 is 9.59 Å². The zero-order chi connectivity index (χ0) is 23.4. The van der Waals surface area contributed by atoms with Gasteiger partial charge in [-0.2, -0.15) is 0 Å². The monoisotopic (exact) mass is 442 g/mol. The standard InChI is InChI=1S/C30H22N2O2/c31-21-11-7-18(8-12-21)28-26(33)16-25(30(34)29(28)19-9-13-22(32)14-10-19)24-15-20-5-1-3-17-4-2-6-23(24)27(17)20/h1-14,16,24H,15,31-32H2. The molecule has 0 fully saturated rings. The molecule has 1 unspecified atom stereocenters. The van der Waals surface area contributed by atoms with E-state index in [9.17, 15) is 9.59 Å². The lowest BCUT2D eigenvalue weighted by atomic mass is 9.77. The fourth-order valence-electron chi connectivity index (χ4n) is 5.30. The van der Waals surface area contributed by atoms with Gasteiger partial charge in [0.25, 0.3) is 0 Å². The van der Waals surface area contributed by atoms with E-state index < -0.39 is 0 Å². The van der Waals surface area contributed by atoms with Crippen LogP contribution < -0.4 is 11.5 Å². The van der Waals surface area contributed by atoms with Crippen LogP contribution in [-0.4, -0.2) is 11.6 Å². The van der Waals surface area contributed by atoms with Gasteiger partial charge in [-0.15, -0.1) is 0 Å². The van der Waals surface area contributed by atoms with Crippen molar-refractivity contribution in [1.29, 1.82) is 0 Å². The Balaban J connectivity index is 1.52. The molecule has 2 aliphatic rings. The van der Waals surface area contributed by atoms with Crippen LogP contribution in [0.3, 0.4) is 0 Å². The van der Waals surface area contributed by atoms with E-state index in [1.54, 1.807) is 54.6 Å². The first-order chi connectivity index (χ1) is 16.5. The summed E-state index contributed by atoms with van der Waals surface area (Å²) in [5, 5.41) is 2.35. The lowest BCUT2D eigenvalue weighted by Crippen LogP contribution is -2.22. The molecule has 34 heavy (non-hydrogen) atoms. The van der Waals surface area contributed by atoms with E-state index in [1.807, 2.05) is 12.1 Å². The number of rotatable bonds is 3. The molecule has 0 saturated carbocycles. The Morgan fingerprint density at radius 3 is 1.91 bits per heavy atom. The molecule has 4 nitrogen and oxygen atoms in total. The number of ketones is 2. The topological polar surface area (TPSA) is 86.2 Å². The second kappa shape index (κ2) is 7.56. The second-order valence-corrected chi connectivity index (χ2v) is 8.91. The van der Waals surface area contributed by atoms with E-state index in [1.165, 1.54) is 10.9 Å². The van der Waals surface area contributed by atoms with Gasteiger partial charge in [0, 0.05) is 34.0 Å². The summed E-state index contributed by atoms with van der Waals surface area (Å²) in [4.78, 5) is 27.7. The number of carbonyl (C=O) groups excluding carboxylic acids is 2. The van der Waals surface area contributed by atoms with E-state index >= 15 is 0 Å². The molecule has 4 aromatic rings. The van der Waals surface area contributed by atoms with Crippen molar-refractivity contribution in [1.82, 2.24) is 0 Å². The Morgan fingerprint density at radius 1 is 0.676 bits per heavy atom. The van der Waals surface area contributed by atoms with Crippen LogP contribution >= 0.6 is 0 Å². The lowest BCUT2D eigenvalue weighted by Gasteiger charge is -2.24. The summed E-state index contributed by atoms with van der Waals surface area (Å²) < 4.78 is 0. The van der Waals surface area contributed by atoms with Gasteiger partial charge in [-0.1, -0.05) is 60.7 Å². The molecule has 0 heterocycles. The van der Waals surface area contributed by atoms with Crippen LogP contribution in [0, 0.1) is 0 Å². The van der Waals surface area contributed by atoms with Crippen molar-refractivity contribution >= 4 is 44.9 Å². The average Bonchev–Trinajstić information content (AvgIpc) is 3.22. The number of nitrogens with two attached hydrogens (primary N) is 2. The van der Waals surface area contributed by atoms with Gasteiger partial charge < -0.3 is 11.5 Å². The highest BCUT2D eigenvalue weighted by molar-refractivity contribution is 6.50. The first-order valence-electron chi connectivity index (χ1n) is 11.3. The summed E-state index contributed by atoms with van der Waals surface area (Å²) in [5.74, 6) is -0.449. The maximum atomic E-state index is 14.1. The molecular weight excluding hydrogens is 420 g/mol. The van der Waals surface area contributed by atoms with Crippen LogP contribution in [0.15, 0.2) is 96.6 Å². The van der Waals surface area contributed by atoms with E-state index in [0.29, 0.717) is 45.6 Å². The smallest absolute Gasteiger partial charge is 0.191 e. The molecule has 4 heteroatoms. The van der Waals surface area contributed by atoms with E-state index in [0.717, 1.165) is 10.9 Å². The molecule has 0 aliphatic heterocycles. The molecule has 4 aromatic carbocycles. The van der Waals surface area contributed by atoms with Crippen molar-refractivity contribution in [2.24, 2.45) is 0 Å². The number of benzene rings is 4. The minimum atomic E-state index is -0.172. The van der Waals surface area contributed by atoms with Gasteiger partial charge in [-0.25, -0.2) is 0 Å². The number of hydrogen-bond acceptors (Lipinski definition) is 4. The molecule has 0 saturated heterocycles. The molecule has 0 aromatic heterocycles. The van der Waals surface area contributed by atoms with Crippen molar-refractivity contribution in [3.8, 4) is 0 Å². The van der Waals surface area contributed by atoms with E-state index in [4.69, 9.17) is 11.5 Å². The van der Waals surface area contributed by atoms with Crippen LogP contribution in [0.5, 0.6) is 0 Å². The Bertz CT molecular complexity index is 1550. The summed E-state index contributed by atoms with van der Waals surface area (Å²) in [6.45, 7) is 0. The van der Waals surface area contributed by atoms with Gasteiger partial charge in [0.15, 0.2) is 11.6 Å². The number of hydrogen-bond donors (Lipinski definition) is 2. The molecule has 0 radical (unpaired) electrons. The molecule has 0 amide bonds. The zero-order valence-electron chi connectivity index (χ0n) is 18.4. The number of Topliss-reactive ketones (excluding diaryl/α,β-unsaturated/α-hetero) is 1. The predicted molar refractivity (Wildman–Crippen MR) is 137 cm³/mol. The fraction of sp³-hybridized carbons (Fsp3) is 0.0667. The number of anilines is 2. The van der Waals surface area contributed by atoms with Gasteiger partial charge in [-0.05, 0) is 69.8 Å². The molecule has 1 atom stereocenters. The summed E-state index contributed by atoms with van der Waals surface area (Å²) in [6.07, 6.45) is 2.25. The number of allylic oxidation sites excluding steroid dienone is 4. The first kappa shape index (κ1) is 20.2.